The minimum absolute atomic E-state index is 0.0150. The lowest BCUT2D eigenvalue weighted by molar-refractivity contribution is -0.140. The lowest BCUT2D eigenvalue weighted by Crippen LogP contribution is -2.55. The number of piperidine rings is 1. The molecule has 10 heteroatoms. The Morgan fingerprint density at radius 1 is 1.07 bits per heavy atom. The molecule has 3 N–H and O–H groups in total. The van der Waals surface area contributed by atoms with Crippen LogP contribution in [0.15, 0.2) is 60.7 Å². The van der Waals surface area contributed by atoms with Crippen molar-refractivity contribution in [2.24, 2.45) is 5.92 Å². The SMILES string of the molecule is COC(=O)CCCCN1C(=O)[C@@](O)([C@@H](C)/C=C/CCO)c2cc(N3CN(c4ccccc4)C4(CCNCC4)C3=O)ccc21. The maximum Gasteiger partial charge on any atom is 0.305 e. The summed E-state index contributed by atoms with van der Waals surface area (Å²) in [5.41, 5.74) is 0.131. The highest BCUT2D eigenvalue weighted by molar-refractivity contribution is 6.09. The second-order valence-corrected chi connectivity index (χ2v) is 11.6. The number of para-hydroxylation sites is 1. The van der Waals surface area contributed by atoms with Crippen LogP contribution in [0.5, 0.6) is 0 Å². The molecule has 0 aromatic heterocycles. The van der Waals surface area contributed by atoms with E-state index in [1.54, 1.807) is 34.9 Å². The minimum Gasteiger partial charge on any atom is -0.469 e. The monoisotopic (exact) mass is 590 g/mol. The van der Waals surface area contributed by atoms with Gasteiger partial charge in [0, 0.05) is 42.4 Å². The molecule has 2 saturated heterocycles. The number of aliphatic hydroxyl groups is 2. The zero-order valence-corrected chi connectivity index (χ0v) is 25.0. The Kier molecular flexibility index (Phi) is 9.19. The molecule has 5 rings (SSSR count). The first-order valence-corrected chi connectivity index (χ1v) is 15.2. The zero-order chi connectivity index (χ0) is 30.6. The van der Waals surface area contributed by atoms with Crippen molar-refractivity contribution < 1.29 is 29.3 Å². The van der Waals surface area contributed by atoms with Gasteiger partial charge in [0.25, 0.3) is 11.8 Å². The molecule has 3 heterocycles. The van der Waals surface area contributed by atoms with E-state index in [4.69, 9.17) is 4.74 Å². The van der Waals surface area contributed by atoms with Crippen molar-refractivity contribution in [3.63, 3.8) is 0 Å². The summed E-state index contributed by atoms with van der Waals surface area (Å²) >= 11 is 0. The number of carbonyl (C=O) groups excluding carboxylic acids is 3. The van der Waals surface area contributed by atoms with E-state index in [0.29, 0.717) is 62.3 Å². The summed E-state index contributed by atoms with van der Waals surface area (Å²) < 4.78 is 4.73. The topological polar surface area (TPSA) is 123 Å². The van der Waals surface area contributed by atoms with Crippen LogP contribution >= 0.6 is 0 Å². The van der Waals surface area contributed by atoms with Crippen molar-refractivity contribution in [3.05, 3.63) is 66.2 Å². The number of amides is 2. The first-order valence-electron chi connectivity index (χ1n) is 15.2. The van der Waals surface area contributed by atoms with Gasteiger partial charge in [-0.2, -0.15) is 0 Å². The van der Waals surface area contributed by atoms with Crippen molar-refractivity contribution in [2.75, 3.05) is 54.7 Å². The molecule has 2 aromatic carbocycles. The van der Waals surface area contributed by atoms with Gasteiger partial charge >= 0.3 is 5.97 Å². The molecule has 43 heavy (non-hydrogen) atoms. The molecule has 0 bridgehead atoms. The molecule has 1 spiro atoms. The third kappa shape index (κ3) is 5.55. The lowest BCUT2D eigenvalue weighted by Gasteiger charge is -2.39. The van der Waals surface area contributed by atoms with Crippen LogP contribution in [-0.2, 0) is 24.7 Å². The van der Waals surface area contributed by atoms with Gasteiger partial charge in [0.05, 0.1) is 19.5 Å². The van der Waals surface area contributed by atoms with Gasteiger partial charge in [-0.25, -0.2) is 0 Å². The number of ether oxygens (including phenoxy) is 1. The number of nitrogens with zero attached hydrogens (tertiary/aromatic N) is 3. The third-order valence-corrected chi connectivity index (χ3v) is 9.13. The summed E-state index contributed by atoms with van der Waals surface area (Å²) in [5, 5.41) is 24.8. The van der Waals surface area contributed by atoms with Crippen LogP contribution in [0.2, 0.25) is 0 Å². The predicted octanol–water partition coefficient (Wildman–Crippen LogP) is 3.07. The number of rotatable bonds is 11. The molecule has 2 fully saturated rings. The molecule has 3 aliphatic rings. The molecule has 3 aliphatic heterocycles. The Morgan fingerprint density at radius 3 is 2.51 bits per heavy atom. The molecule has 10 nitrogen and oxygen atoms in total. The van der Waals surface area contributed by atoms with Crippen LogP contribution in [0, 0.1) is 5.92 Å². The number of carbonyl (C=O) groups is 3. The minimum atomic E-state index is -1.85. The maximum atomic E-state index is 14.3. The number of fused-ring (bicyclic) bond motifs is 1. The number of methoxy groups -OCH3 is 1. The molecule has 2 atom stereocenters. The standard InChI is InChI=1S/C33H42N4O6/c1-24(10-7-9-21-38)33(42)27-22-26(14-15-28(27)35(31(33)41)20-8-6-13-29(39)43-2)36-23-37(25-11-4-3-5-12-25)32(30(36)40)16-18-34-19-17-32/h3-5,7,10-12,14-15,22,24,34,38,42H,6,8-9,13,16-21,23H2,1-2H3/b10-7+/t24-,33+/m0/s1. The number of benzene rings is 2. The van der Waals surface area contributed by atoms with Crippen LogP contribution in [0.1, 0.15) is 51.0 Å². The van der Waals surface area contributed by atoms with E-state index in [2.05, 4.69) is 10.2 Å². The van der Waals surface area contributed by atoms with E-state index in [9.17, 15) is 24.6 Å². The molecule has 2 amide bonds. The van der Waals surface area contributed by atoms with Crippen molar-refractivity contribution in [2.45, 2.75) is 56.6 Å². The summed E-state index contributed by atoms with van der Waals surface area (Å²) in [6.07, 6.45) is 6.64. The summed E-state index contributed by atoms with van der Waals surface area (Å²) in [5.74, 6) is -1.32. The van der Waals surface area contributed by atoms with E-state index in [1.165, 1.54) is 7.11 Å². The fourth-order valence-corrected chi connectivity index (χ4v) is 6.65. The van der Waals surface area contributed by atoms with Crippen molar-refractivity contribution in [1.82, 2.24) is 5.32 Å². The first-order chi connectivity index (χ1) is 20.8. The van der Waals surface area contributed by atoms with Crippen molar-refractivity contribution >= 4 is 34.8 Å². The molecule has 0 saturated carbocycles. The molecule has 0 aliphatic carbocycles. The number of aliphatic hydroxyl groups excluding tert-OH is 1. The first kappa shape index (κ1) is 30.7. The highest BCUT2D eigenvalue weighted by Crippen LogP contribution is 2.48. The van der Waals surface area contributed by atoms with Crippen LogP contribution < -0.4 is 20.0 Å². The van der Waals surface area contributed by atoms with E-state index < -0.39 is 23.0 Å². The van der Waals surface area contributed by atoms with Gasteiger partial charge in [-0.05, 0) is 75.5 Å². The molecule has 230 valence electrons. The number of unbranched alkanes of at least 4 members (excludes halogenated alkanes) is 1. The summed E-state index contributed by atoms with van der Waals surface area (Å²) in [6.45, 7) is 3.92. The Labute approximate surface area is 252 Å². The quantitative estimate of drug-likeness (QED) is 0.207. The fourth-order valence-electron chi connectivity index (χ4n) is 6.65. The van der Waals surface area contributed by atoms with E-state index >= 15 is 0 Å². The number of hydrogen-bond acceptors (Lipinski definition) is 8. The fraction of sp³-hybridized carbons (Fsp3) is 0.485. The van der Waals surface area contributed by atoms with Gasteiger partial charge < -0.3 is 30.1 Å². The normalized spacial score (nSPS) is 22.1. The van der Waals surface area contributed by atoms with E-state index in [0.717, 1.165) is 18.8 Å². The second-order valence-electron chi connectivity index (χ2n) is 11.6. The smallest absolute Gasteiger partial charge is 0.305 e. The van der Waals surface area contributed by atoms with Crippen LogP contribution in [0.4, 0.5) is 17.1 Å². The Bertz CT molecular complexity index is 1360. The molecule has 0 unspecified atom stereocenters. The Balaban J connectivity index is 1.50. The van der Waals surface area contributed by atoms with Gasteiger partial charge in [-0.3, -0.25) is 19.3 Å². The molecular weight excluding hydrogens is 548 g/mol. The highest BCUT2D eigenvalue weighted by atomic mass is 16.5. The Morgan fingerprint density at radius 2 is 1.81 bits per heavy atom. The van der Waals surface area contributed by atoms with Gasteiger partial charge in [-0.1, -0.05) is 37.3 Å². The highest BCUT2D eigenvalue weighted by Gasteiger charge is 2.55. The number of esters is 1. The van der Waals surface area contributed by atoms with Gasteiger partial charge in [-0.15, -0.1) is 0 Å². The second kappa shape index (κ2) is 12.9. The maximum absolute atomic E-state index is 14.3. The molecular formula is C33H42N4O6. The van der Waals surface area contributed by atoms with Crippen molar-refractivity contribution in [3.8, 4) is 0 Å². The summed E-state index contributed by atoms with van der Waals surface area (Å²) in [6, 6.07) is 15.4. The summed E-state index contributed by atoms with van der Waals surface area (Å²) in [7, 11) is 1.35. The number of hydrogen-bond donors (Lipinski definition) is 3. The van der Waals surface area contributed by atoms with Gasteiger partial charge in [0.15, 0.2) is 5.60 Å². The summed E-state index contributed by atoms with van der Waals surface area (Å²) in [4.78, 5) is 45.3. The van der Waals surface area contributed by atoms with Gasteiger partial charge in [0.2, 0.25) is 0 Å². The van der Waals surface area contributed by atoms with Crippen LogP contribution in [0.25, 0.3) is 0 Å². The number of anilines is 3. The average molecular weight is 591 g/mol. The Hall–Kier alpha value is -3.73. The third-order valence-electron chi connectivity index (χ3n) is 9.13. The lowest BCUT2D eigenvalue weighted by atomic mass is 9.82. The van der Waals surface area contributed by atoms with E-state index in [-0.39, 0.29) is 24.9 Å². The predicted molar refractivity (Wildman–Crippen MR) is 165 cm³/mol. The average Bonchev–Trinajstić information content (AvgIpc) is 3.43. The zero-order valence-electron chi connectivity index (χ0n) is 25.0. The van der Waals surface area contributed by atoms with E-state index in [1.807, 2.05) is 42.5 Å². The van der Waals surface area contributed by atoms with Crippen LogP contribution in [0.3, 0.4) is 0 Å². The molecule has 0 radical (unpaired) electrons. The van der Waals surface area contributed by atoms with Gasteiger partial charge in [0.1, 0.15) is 5.54 Å². The van der Waals surface area contributed by atoms with Crippen LogP contribution in [-0.4, -0.2) is 73.6 Å². The largest absolute Gasteiger partial charge is 0.469 e. The number of nitrogens with one attached hydrogen (secondary N) is 1. The molecule has 2 aromatic rings. The van der Waals surface area contributed by atoms with Crippen molar-refractivity contribution in [1.29, 1.82) is 0 Å².